The quantitative estimate of drug-likeness (QED) is 0.200. The summed E-state index contributed by atoms with van der Waals surface area (Å²) in [7, 11) is 0. The van der Waals surface area contributed by atoms with Gasteiger partial charge in [-0.3, -0.25) is 9.79 Å². The largest absolute Gasteiger partial charge is 0.478 e. The van der Waals surface area contributed by atoms with E-state index in [1.54, 1.807) is 38.6 Å². The summed E-state index contributed by atoms with van der Waals surface area (Å²) in [6.45, 7) is 5.68. The van der Waals surface area contributed by atoms with Crippen molar-refractivity contribution in [3.05, 3.63) is 80.1 Å². The molecule has 1 atom stereocenters. The second-order valence-corrected chi connectivity index (χ2v) is 12.5. The van der Waals surface area contributed by atoms with E-state index in [4.69, 9.17) is 20.8 Å². The lowest BCUT2D eigenvalue weighted by Gasteiger charge is -2.34. The van der Waals surface area contributed by atoms with E-state index in [-0.39, 0.29) is 28.9 Å². The summed E-state index contributed by atoms with van der Waals surface area (Å²) in [5.74, 6) is -3.20. The van der Waals surface area contributed by atoms with Gasteiger partial charge in [-0.1, -0.05) is 17.7 Å². The van der Waals surface area contributed by atoms with Gasteiger partial charge in [0.1, 0.15) is 12.3 Å². The van der Waals surface area contributed by atoms with Crippen molar-refractivity contribution in [2.45, 2.75) is 64.8 Å². The Kier molecular flexibility index (Phi) is 8.98. The third-order valence-electron chi connectivity index (χ3n) is 7.81. The number of nitrogens with one attached hydrogen (secondary N) is 1. The third-order valence-corrected chi connectivity index (χ3v) is 8.97. The fourth-order valence-corrected chi connectivity index (χ4v) is 6.46. The van der Waals surface area contributed by atoms with Gasteiger partial charge >= 0.3 is 11.9 Å². The Morgan fingerprint density at radius 3 is 2.58 bits per heavy atom. The molecule has 2 aliphatic rings. The molecule has 2 aromatic heterocycles. The van der Waals surface area contributed by atoms with E-state index in [0.29, 0.717) is 66.8 Å². The first-order chi connectivity index (χ1) is 20.5. The average molecular weight is 633 g/mol. The molecule has 0 radical (unpaired) electrons. The number of aliphatic imine (C=N–C) groups is 1. The van der Waals surface area contributed by atoms with Gasteiger partial charge in [0.05, 0.1) is 28.3 Å². The number of thiazole rings is 1. The lowest BCUT2D eigenvalue weighted by Crippen LogP contribution is -2.37. The number of carboxylic acid groups (broad SMARTS) is 1. The Hall–Kier alpha value is -3.64. The van der Waals surface area contributed by atoms with Crippen molar-refractivity contribution in [3.8, 4) is 0 Å². The molecule has 1 saturated carbocycles. The van der Waals surface area contributed by atoms with Crippen LogP contribution < -0.4 is 5.32 Å². The first kappa shape index (κ1) is 30.8. The number of hydrogen-bond acceptors (Lipinski definition) is 9. The summed E-state index contributed by atoms with van der Waals surface area (Å²) in [5, 5.41) is 15.3. The number of allylic oxidation sites excluding steroid dienone is 1. The maximum atomic E-state index is 14.5. The molecule has 0 saturated heterocycles. The van der Waals surface area contributed by atoms with E-state index in [1.165, 1.54) is 17.4 Å². The van der Waals surface area contributed by atoms with Gasteiger partial charge in [-0.2, -0.15) is 0 Å². The number of halogens is 3. The lowest BCUT2D eigenvalue weighted by atomic mass is 9.78. The maximum Gasteiger partial charge on any atom is 0.335 e. The molecule has 2 N–H and O–H groups in total. The van der Waals surface area contributed by atoms with E-state index >= 15 is 0 Å². The molecule has 13 heteroatoms. The fourth-order valence-electron chi connectivity index (χ4n) is 5.62. The summed E-state index contributed by atoms with van der Waals surface area (Å²) < 4.78 is 39.4. The van der Waals surface area contributed by atoms with Crippen LogP contribution in [0.25, 0.3) is 0 Å². The normalized spacial score (nSPS) is 20.9. The van der Waals surface area contributed by atoms with E-state index in [1.807, 2.05) is 0 Å². The Morgan fingerprint density at radius 2 is 1.93 bits per heavy atom. The number of carbonyl (C=O) groups is 2. The van der Waals surface area contributed by atoms with Crippen LogP contribution >= 0.6 is 22.9 Å². The molecule has 43 heavy (non-hydrogen) atoms. The topological polar surface area (TPSA) is 127 Å². The summed E-state index contributed by atoms with van der Waals surface area (Å²) in [6.07, 6.45) is 6.11. The van der Waals surface area contributed by atoms with Crippen LogP contribution in [0.2, 0.25) is 5.02 Å². The summed E-state index contributed by atoms with van der Waals surface area (Å²) >= 11 is 7.51. The van der Waals surface area contributed by atoms with Crippen LogP contribution in [-0.4, -0.2) is 39.5 Å². The van der Waals surface area contributed by atoms with Crippen LogP contribution in [0.5, 0.6) is 0 Å². The molecular formula is C30H31ClF2N4O5S. The van der Waals surface area contributed by atoms with E-state index < -0.39 is 34.1 Å². The van der Waals surface area contributed by atoms with Crippen molar-refractivity contribution < 1.29 is 32.6 Å². The Morgan fingerprint density at radius 1 is 1.21 bits per heavy atom. The van der Waals surface area contributed by atoms with Crippen molar-refractivity contribution in [3.63, 3.8) is 0 Å². The highest BCUT2D eigenvalue weighted by molar-refractivity contribution is 7.11. The fraction of sp³-hybridized carbons (Fsp3) is 0.433. The lowest BCUT2D eigenvalue weighted by molar-refractivity contribution is -0.153. The van der Waals surface area contributed by atoms with Gasteiger partial charge in [0, 0.05) is 35.2 Å². The van der Waals surface area contributed by atoms with Crippen LogP contribution in [0, 0.1) is 23.0 Å². The summed E-state index contributed by atoms with van der Waals surface area (Å²) in [6, 6.07) is 1.01. The molecule has 3 heterocycles. The molecule has 228 valence electrons. The first-order valence-electron chi connectivity index (χ1n) is 14.0. The number of aromatic nitrogens is 2. The standard InChI is InChI=1S/C30H31ClF2N4O5S/c1-4-41-29(40)30(2,3)13-17-14-42-26(35-17)16-7-5-15(6-8-16)23-20(28(38)39)24(18-9-10-19(32)22(33)21(18)31)37-25(36-23)27-34-11-12-43-27/h9-12,14-16,24H,4-8,13H2,1-3H3,(H,36,37)(H,38,39). The van der Waals surface area contributed by atoms with Crippen LogP contribution in [0.3, 0.4) is 0 Å². The van der Waals surface area contributed by atoms with Gasteiger partial charge in [-0.15, -0.1) is 11.3 Å². The first-order valence-corrected chi connectivity index (χ1v) is 15.2. The number of rotatable bonds is 9. The maximum absolute atomic E-state index is 14.5. The van der Waals surface area contributed by atoms with Gasteiger partial charge in [0.25, 0.3) is 0 Å². The molecule has 9 nitrogen and oxygen atoms in total. The number of benzene rings is 1. The van der Waals surface area contributed by atoms with Gasteiger partial charge in [-0.25, -0.2) is 23.5 Å². The molecule has 3 aromatic rings. The monoisotopic (exact) mass is 632 g/mol. The van der Waals surface area contributed by atoms with E-state index in [0.717, 1.165) is 6.07 Å². The minimum Gasteiger partial charge on any atom is -0.478 e. The number of ether oxygens (including phenoxy) is 1. The van der Waals surface area contributed by atoms with Gasteiger partial charge in [0.15, 0.2) is 28.4 Å². The predicted molar refractivity (Wildman–Crippen MR) is 156 cm³/mol. The number of aliphatic carboxylic acids is 1. The molecule has 1 aromatic carbocycles. The van der Waals surface area contributed by atoms with Crippen LogP contribution in [0.15, 0.2) is 50.7 Å². The van der Waals surface area contributed by atoms with Crippen LogP contribution in [-0.2, 0) is 20.7 Å². The summed E-state index contributed by atoms with van der Waals surface area (Å²) in [5.41, 5.74) is 0.336. The highest BCUT2D eigenvalue weighted by Gasteiger charge is 2.39. The molecule has 0 spiro atoms. The molecule has 5 rings (SSSR count). The predicted octanol–water partition coefficient (Wildman–Crippen LogP) is 6.60. The van der Waals surface area contributed by atoms with E-state index in [2.05, 4.69) is 20.3 Å². The zero-order chi connectivity index (χ0) is 30.9. The number of hydrogen-bond donors (Lipinski definition) is 2. The number of oxazole rings is 1. The van der Waals surface area contributed by atoms with Gasteiger partial charge < -0.3 is 19.6 Å². The summed E-state index contributed by atoms with van der Waals surface area (Å²) in [4.78, 5) is 38.6. The second kappa shape index (κ2) is 12.5. The third kappa shape index (κ3) is 6.35. The molecule has 1 aliphatic heterocycles. The molecule has 0 bridgehead atoms. The Labute approximate surface area is 256 Å². The van der Waals surface area contributed by atoms with Crippen LogP contribution in [0.1, 0.15) is 80.6 Å². The molecule has 1 unspecified atom stereocenters. The molecule has 0 amide bonds. The van der Waals surface area contributed by atoms with Crippen molar-refractivity contribution in [1.82, 2.24) is 15.3 Å². The number of esters is 1. The minimum absolute atomic E-state index is 0.0108. The molecule has 1 aliphatic carbocycles. The number of carboxylic acids is 1. The average Bonchev–Trinajstić information content (AvgIpc) is 3.68. The van der Waals surface area contributed by atoms with Crippen LogP contribution in [0.4, 0.5) is 8.78 Å². The van der Waals surface area contributed by atoms with Crippen molar-refractivity contribution >= 4 is 40.7 Å². The smallest absolute Gasteiger partial charge is 0.335 e. The number of nitrogens with zero attached hydrogens (tertiary/aromatic N) is 3. The van der Waals surface area contributed by atoms with E-state index in [9.17, 15) is 23.5 Å². The van der Waals surface area contributed by atoms with Crippen molar-refractivity contribution in [1.29, 1.82) is 0 Å². The highest BCUT2D eigenvalue weighted by atomic mass is 35.5. The Balaban J connectivity index is 1.40. The number of amidine groups is 1. The van der Waals surface area contributed by atoms with Gasteiger partial charge in [-0.05, 0) is 58.4 Å². The zero-order valence-electron chi connectivity index (χ0n) is 23.8. The minimum atomic E-state index is -1.26. The number of carbonyl (C=O) groups excluding carboxylic acids is 1. The van der Waals surface area contributed by atoms with Gasteiger partial charge in [0.2, 0.25) is 0 Å². The molecule has 1 fully saturated rings. The SMILES string of the molecule is CCOC(=O)C(C)(C)Cc1coc(C2CCC(C3=C(C(=O)O)C(c4ccc(F)c(F)c4Cl)N=C(c4nccs4)N3)CC2)n1. The second-order valence-electron chi connectivity index (χ2n) is 11.2. The van der Waals surface area contributed by atoms with Crippen molar-refractivity contribution in [2.75, 3.05) is 6.61 Å². The Bertz CT molecular complexity index is 1580. The van der Waals surface area contributed by atoms with Crippen molar-refractivity contribution in [2.24, 2.45) is 16.3 Å². The molecular weight excluding hydrogens is 602 g/mol. The highest BCUT2D eigenvalue weighted by Crippen LogP contribution is 2.44. The zero-order valence-corrected chi connectivity index (χ0v) is 25.4.